The first-order valence-electron chi connectivity index (χ1n) is 10.9. The summed E-state index contributed by atoms with van der Waals surface area (Å²) in [5.41, 5.74) is 6.43. The average Bonchev–Trinajstić information content (AvgIpc) is 3.16. The molecule has 3 aromatic rings. The first-order chi connectivity index (χ1) is 14.5. The predicted molar refractivity (Wildman–Crippen MR) is 124 cm³/mol. The number of fused-ring (bicyclic) bond motifs is 1. The highest BCUT2D eigenvalue weighted by atomic mass is 16.2. The molecule has 0 radical (unpaired) electrons. The number of carbonyl (C=O) groups is 1. The van der Waals surface area contributed by atoms with E-state index in [2.05, 4.69) is 32.9 Å². The summed E-state index contributed by atoms with van der Waals surface area (Å²) in [5, 5.41) is 4.91. The summed E-state index contributed by atoms with van der Waals surface area (Å²) >= 11 is 0. The molecule has 1 aromatic heterocycles. The quantitative estimate of drug-likeness (QED) is 0.447. The van der Waals surface area contributed by atoms with E-state index in [0.29, 0.717) is 17.8 Å². The largest absolute Gasteiger partial charge is 0.271 e. The van der Waals surface area contributed by atoms with Gasteiger partial charge in [0.05, 0.1) is 11.4 Å². The van der Waals surface area contributed by atoms with Crippen LogP contribution in [-0.2, 0) is 0 Å². The second-order valence-corrected chi connectivity index (χ2v) is 8.79. The molecule has 2 aromatic carbocycles. The maximum atomic E-state index is 13.4. The van der Waals surface area contributed by atoms with E-state index in [-0.39, 0.29) is 5.91 Å². The van der Waals surface area contributed by atoms with Crippen LogP contribution >= 0.6 is 0 Å². The molecule has 0 aliphatic heterocycles. The van der Waals surface area contributed by atoms with Gasteiger partial charge in [0, 0.05) is 23.1 Å². The fourth-order valence-corrected chi connectivity index (χ4v) is 4.65. The monoisotopic (exact) mass is 398 g/mol. The molecule has 3 nitrogen and oxygen atoms in total. The van der Waals surface area contributed by atoms with Gasteiger partial charge in [-0.15, -0.1) is 0 Å². The molecule has 2 unspecified atom stereocenters. The Labute approximate surface area is 179 Å². The fraction of sp³-hybridized carbons (Fsp3) is 0.333. The first kappa shape index (κ1) is 20.3. The highest BCUT2D eigenvalue weighted by Crippen LogP contribution is 2.46. The van der Waals surface area contributed by atoms with Crippen molar-refractivity contribution in [2.45, 2.75) is 52.4 Å². The van der Waals surface area contributed by atoms with Gasteiger partial charge in [0.25, 0.3) is 5.91 Å². The van der Waals surface area contributed by atoms with Crippen molar-refractivity contribution >= 4 is 11.5 Å². The van der Waals surface area contributed by atoms with Gasteiger partial charge in [0.2, 0.25) is 0 Å². The van der Waals surface area contributed by atoms with Crippen LogP contribution in [-0.4, -0.2) is 15.7 Å². The molecule has 154 valence electrons. The lowest BCUT2D eigenvalue weighted by molar-refractivity contribution is 0.0947. The summed E-state index contributed by atoms with van der Waals surface area (Å²) in [5.74, 6) is 1.14. The molecule has 0 spiro atoms. The Kier molecular flexibility index (Phi) is 5.72. The van der Waals surface area contributed by atoms with Crippen LogP contribution in [0.5, 0.6) is 0 Å². The topological polar surface area (TPSA) is 34.9 Å². The number of hydrogen-bond donors (Lipinski definition) is 0. The maximum absolute atomic E-state index is 13.4. The first-order valence-corrected chi connectivity index (χ1v) is 10.9. The van der Waals surface area contributed by atoms with Crippen LogP contribution in [0.25, 0.3) is 16.8 Å². The average molecular weight is 399 g/mol. The molecule has 2 atom stereocenters. The number of rotatable bonds is 4. The number of aromatic nitrogens is 2. The van der Waals surface area contributed by atoms with Crippen molar-refractivity contribution in [1.29, 1.82) is 0 Å². The van der Waals surface area contributed by atoms with Crippen molar-refractivity contribution < 1.29 is 4.79 Å². The number of hydrogen-bond acceptors (Lipinski definition) is 2. The molecule has 0 N–H and O–H groups in total. The summed E-state index contributed by atoms with van der Waals surface area (Å²) in [7, 11) is 0. The minimum Gasteiger partial charge on any atom is -0.267 e. The lowest BCUT2D eigenvalue weighted by Gasteiger charge is -2.30. The molecule has 0 saturated carbocycles. The van der Waals surface area contributed by atoms with Gasteiger partial charge in [0.15, 0.2) is 0 Å². The number of benzene rings is 2. The normalized spacial score (nSPS) is 19.0. The lowest BCUT2D eigenvalue weighted by Crippen LogP contribution is -2.23. The zero-order valence-corrected chi connectivity index (χ0v) is 18.3. The highest BCUT2D eigenvalue weighted by Gasteiger charge is 2.35. The number of allylic oxidation sites excluding steroid dienone is 2. The third-order valence-corrected chi connectivity index (χ3v) is 6.34. The molecule has 1 aliphatic rings. The molecular weight excluding hydrogens is 368 g/mol. The van der Waals surface area contributed by atoms with Crippen molar-refractivity contribution in [1.82, 2.24) is 9.78 Å². The number of carbonyl (C=O) groups excluding carboxylic acids is 1. The Morgan fingerprint density at radius 1 is 1.03 bits per heavy atom. The van der Waals surface area contributed by atoms with E-state index in [4.69, 9.17) is 5.10 Å². The SMILES string of the molecule is CC(=CC(=O)n1nc(-c2ccccc2)c2c1C(C(C)C)CCC2C)c1ccccc1. The maximum Gasteiger partial charge on any atom is 0.271 e. The Morgan fingerprint density at radius 3 is 2.30 bits per heavy atom. The Morgan fingerprint density at radius 2 is 1.67 bits per heavy atom. The van der Waals surface area contributed by atoms with E-state index >= 15 is 0 Å². The summed E-state index contributed by atoms with van der Waals surface area (Å²) < 4.78 is 1.70. The fourth-order valence-electron chi connectivity index (χ4n) is 4.65. The molecular formula is C27H30N2O. The standard InChI is InChI=1S/C27H30N2O/c1-18(2)23-16-15-19(3)25-26(22-13-9-6-10-14-22)28-29(27(23)25)24(30)17-20(4)21-11-7-5-8-12-21/h5-14,17-19,23H,15-16H2,1-4H3. The summed E-state index contributed by atoms with van der Waals surface area (Å²) in [6.45, 7) is 8.76. The van der Waals surface area contributed by atoms with Gasteiger partial charge in [-0.05, 0) is 42.7 Å². The second-order valence-electron chi connectivity index (χ2n) is 8.79. The molecule has 30 heavy (non-hydrogen) atoms. The molecule has 1 aliphatic carbocycles. The van der Waals surface area contributed by atoms with Crippen molar-refractivity contribution in [2.24, 2.45) is 5.92 Å². The van der Waals surface area contributed by atoms with E-state index < -0.39 is 0 Å². The third-order valence-electron chi connectivity index (χ3n) is 6.34. The Balaban J connectivity index is 1.86. The summed E-state index contributed by atoms with van der Waals surface area (Å²) in [6.07, 6.45) is 3.96. The summed E-state index contributed by atoms with van der Waals surface area (Å²) in [4.78, 5) is 13.4. The van der Waals surface area contributed by atoms with Gasteiger partial charge in [-0.1, -0.05) is 81.4 Å². The molecule has 0 bridgehead atoms. The van der Waals surface area contributed by atoms with E-state index in [0.717, 1.165) is 40.9 Å². The van der Waals surface area contributed by atoms with Crippen LogP contribution in [0.3, 0.4) is 0 Å². The van der Waals surface area contributed by atoms with Crippen LogP contribution in [0.15, 0.2) is 66.7 Å². The molecule has 0 fully saturated rings. The van der Waals surface area contributed by atoms with Crippen LogP contribution in [0.4, 0.5) is 0 Å². The molecule has 0 amide bonds. The van der Waals surface area contributed by atoms with Crippen molar-refractivity contribution in [3.63, 3.8) is 0 Å². The van der Waals surface area contributed by atoms with Crippen LogP contribution in [0.2, 0.25) is 0 Å². The van der Waals surface area contributed by atoms with Gasteiger partial charge in [-0.25, -0.2) is 4.68 Å². The van der Waals surface area contributed by atoms with Gasteiger partial charge in [0.1, 0.15) is 0 Å². The predicted octanol–water partition coefficient (Wildman–Crippen LogP) is 6.93. The lowest BCUT2D eigenvalue weighted by atomic mass is 9.75. The van der Waals surface area contributed by atoms with E-state index in [9.17, 15) is 4.79 Å². The van der Waals surface area contributed by atoms with Crippen LogP contribution in [0.1, 0.15) is 74.0 Å². The molecule has 0 saturated heterocycles. The second kappa shape index (κ2) is 8.43. The molecule has 3 heteroatoms. The van der Waals surface area contributed by atoms with Crippen LogP contribution in [0, 0.1) is 5.92 Å². The number of nitrogens with zero attached hydrogens (tertiary/aromatic N) is 2. The van der Waals surface area contributed by atoms with Gasteiger partial charge < -0.3 is 0 Å². The van der Waals surface area contributed by atoms with E-state index in [1.807, 2.05) is 55.5 Å². The smallest absolute Gasteiger partial charge is 0.267 e. The molecule has 1 heterocycles. The van der Waals surface area contributed by atoms with E-state index in [1.54, 1.807) is 10.8 Å². The zero-order valence-electron chi connectivity index (χ0n) is 18.3. The Hall–Kier alpha value is -2.94. The minimum absolute atomic E-state index is 0.0606. The van der Waals surface area contributed by atoms with Crippen molar-refractivity contribution in [3.8, 4) is 11.3 Å². The third kappa shape index (κ3) is 3.77. The van der Waals surface area contributed by atoms with Gasteiger partial charge in [-0.3, -0.25) is 4.79 Å². The van der Waals surface area contributed by atoms with Crippen LogP contribution < -0.4 is 0 Å². The zero-order chi connectivity index (χ0) is 21.3. The summed E-state index contributed by atoms with van der Waals surface area (Å²) in [6, 6.07) is 20.3. The Bertz CT molecular complexity index is 1060. The van der Waals surface area contributed by atoms with E-state index in [1.165, 1.54) is 5.56 Å². The van der Waals surface area contributed by atoms with Crippen molar-refractivity contribution in [2.75, 3.05) is 0 Å². The van der Waals surface area contributed by atoms with Crippen molar-refractivity contribution in [3.05, 3.63) is 83.6 Å². The highest BCUT2D eigenvalue weighted by molar-refractivity contribution is 5.97. The van der Waals surface area contributed by atoms with Gasteiger partial charge in [-0.2, -0.15) is 5.10 Å². The molecule has 4 rings (SSSR count). The minimum atomic E-state index is -0.0606. The van der Waals surface area contributed by atoms with Gasteiger partial charge >= 0.3 is 0 Å².